The molecule has 0 unspecified atom stereocenters. The summed E-state index contributed by atoms with van der Waals surface area (Å²) < 4.78 is 0. The lowest BCUT2D eigenvalue weighted by molar-refractivity contribution is 0.234. The monoisotopic (exact) mass is 263 g/mol. The predicted molar refractivity (Wildman–Crippen MR) is 73.5 cm³/mol. The zero-order valence-corrected chi connectivity index (χ0v) is 11.4. The van der Waals surface area contributed by atoms with Gasteiger partial charge >= 0.3 is 0 Å². The number of hydrogen-bond donors (Lipinski definition) is 1. The van der Waals surface area contributed by atoms with Gasteiger partial charge in [0.2, 0.25) is 0 Å². The minimum atomic E-state index is 0.577. The van der Waals surface area contributed by atoms with Crippen LogP contribution in [-0.4, -0.2) is 31.1 Å². The van der Waals surface area contributed by atoms with Gasteiger partial charge in [0.25, 0.3) is 0 Å². The van der Waals surface area contributed by atoms with Gasteiger partial charge in [0.1, 0.15) is 0 Å². The van der Waals surface area contributed by atoms with Crippen molar-refractivity contribution in [2.45, 2.75) is 25.4 Å². The van der Waals surface area contributed by atoms with E-state index < -0.39 is 0 Å². The summed E-state index contributed by atoms with van der Waals surface area (Å²) >= 11 is 6.15. The smallest absolute Gasteiger partial charge is 0.0992 e. The lowest BCUT2D eigenvalue weighted by Crippen LogP contribution is -2.40. The molecule has 0 amide bonds. The van der Waals surface area contributed by atoms with Crippen LogP contribution in [0.25, 0.3) is 0 Å². The molecule has 1 N–H and O–H groups in total. The van der Waals surface area contributed by atoms with Crippen LogP contribution >= 0.6 is 11.6 Å². The van der Waals surface area contributed by atoms with Crippen molar-refractivity contribution in [2.75, 3.05) is 20.1 Å². The Morgan fingerprint density at radius 1 is 1.44 bits per heavy atom. The average Bonchev–Trinajstić information content (AvgIpc) is 2.39. The van der Waals surface area contributed by atoms with Gasteiger partial charge in [0, 0.05) is 17.6 Å². The summed E-state index contributed by atoms with van der Waals surface area (Å²) in [6.45, 7) is 3.08. The van der Waals surface area contributed by atoms with Crippen LogP contribution in [0.2, 0.25) is 5.02 Å². The molecule has 4 heteroatoms. The van der Waals surface area contributed by atoms with Crippen molar-refractivity contribution >= 4 is 11.6 Å². The van der Waals surface area contributed by atoms with E-state index in [9.17, 15) is 0 Å². The molecule has 96 valence electrons. The number of rotatable bonds is 3. The highest BCUT2D eigenvalue weighted by Crippen LogP contribution is 2.18. The zero-order chi connectivity index (χ0) is 13.0. The first-order chi connectivity index (χ1) is 8.69. The maximum Gasteiger partial charge on any atom is 0.0992 e. The number of nitrogens with one attached hydrogen (secondary N) is 1. The number of likely N-dealkylation sites (tertiary alicyclic amines) is 1. The van der Waals surface area contributed by atoms with Crippen molar-refractivity contribution in [2.24, 2.45) is 0 Å². The van der Waals surface area contributed by atoms with Crippen LogP contribution in [-0.2, 0) is 6.54 Å². The maximum atomic E-state index is 8.78. The van der Waals surface area contributed by atoms with Crippen molar-refractivity contribution in [3.05, 3.63) is 34.3 Å². The van der Waals surface area contributed by atoms with Crippen LogP contribution in [0.15, 0.2) is 18.2 Å². The molecule has 1 aliphatic rings. The van der Waals surface area contributed by atoms with Gasteiger partial charge < -0.3 is 10.2 Å². The van der Waals surface area contributed by atoms with E-state index in [0.29, 0.717) is 16.6 Å². The first kappa shape index (κ1) is 13.4. The molecular formula is C14H18ClN3. The minimum absolute atomic E-state index is 0.577. The largest absolute Gasteiger partial charge is 0.310 e. The lowest BCUT2D eigenvalue weighted by atomic mass is 10.0. The quantitative estimate of drug-likeness (QED) is 0.910. The third kappa shape index (κ3) is 3.46. The molecule has 1 aliphatic heterocycles. The highest BCUT2D eigenvalue weighted by Gasteiger charge is 2.16. The zero-order valence-electron chi connectivity index (χ0n) is 10.6. The van der Waals surface area contributed by atoms with E-state index in [1.54, 1.807) is 6.07 Å². The second-order valence-corrected chi connectivity index (χ2v) is 5.28. The van der Waals surface area contributed by atoms with Crippen molar-refractivity contribution in [3.63, 3.8) is 0 Å². The summed E-state index contributed by atoms with van der Waals surface area (Å²) in [4.78, 5) is 2.35. The summed E-state index contributed by atoms with van der Waals surface area (Å²) in [5, 5.41) is 13.0. The molecule has 1 saturated heterocycles. The number of piperidine rings is 1. The van der Waals surface area contributed by atoms with Crippen LogP contribution in [0.3, 0.4) is 0 Å². The molecule has 0 bridgehead atoms. The van der Waals surface area contributed by atoms with E-state index in [0.717, 1.165) is 25.2 Å². The van der Waals surface area contributed by atoms with Gasteiger partial charge in [-0.2, -0.15) is 5.26 Å². The molecule has 1 aromatic carbocycles. The molecule has 0 aromatic heterocycles. The summed E-state index contributed by atoms with van der Waals surface area (Å²) in [6.07, 6.45) is 2.37. The molecular weight excluding hydrogens is 246 g/mol. The van der Waals surface area contributed by atoms with Crippen molar-refractivity contribution < 1.29 is 0 Å². The molecule has 0 aliphatic carbocycles. The van der Waals surface area contributed by atoms with Gasteiger partial charge in [-0.25, -0.2) is 0 Å². The van der Waals surface area contributed by atoms with Crippen LogP contribution in [0.5, 0.6) is 0 Å². The van der Waals surface area contributed by atoms with Gasteiger partial charge in [-0.15, -0.1) is 0 Å². The summed E-state index contributed by atoms with van der Waals surface area (Å²) in [6, 6.07) is 8.15. The average molecular weight is 264 g/mol. The third-order valence-corrected chi connectivity index (χ3v) is 3.83. The number of benzene rings is 1. The Bertz CT molecular complexity index is 445. The standard InChI is InChI=1S/C14H18ClN3/c1-18-6-4-13(5-7-18)17-10-12-3-2-11(9-16)8-14(12)15/h2-3,8,13,17H,4-7,10H2,1H3. The second kappa shape index (κ2) is 6.19. The van der Waals surface area contributed by atoms with Crippen LogP contribution in [0.1, 0.15) is 24.0 Å². The Balaban J connectivity index is 1.89. The van der Waals surface area contributed by atoms with E-state index in [-0.39, 0.29) is 0 Å². The normalized spacial score (nSPS) is 17.6. The molecule has 0 radical (unpaired) electrons. The third-order valence-electron chi connectivity index (χ3n) is 3.48. The summed E-state index contributed by atoms with van der Waals surface area (Å²) in [5.41, 5.74) is 1.68. The van der Waals surface area contributed by atoms with E-state index in [1.165, 1.54) is 12.8 Å². The summed E-state index contributed by atoms with van der Waals surface area (Å²) in [7, 11) is 2.16. The van der Waals surface area contributed by atoms with Gasteiger partial charge in [-0.1, -0.05) is 17.7 Å². The van der Waals surface area contributed by atoms with Gasteiger partial charge in [-0.3, -0.25) is 0 Å². The Kier molecular flexibility index (Phi) is 4.60. The van der Waals surface area contributed by atoms with Gasteiger partial charge in [0.05, 0.1) is 11.6 Å². The van der Waals surface area contributed by atoms with Crippen LogP contribution < -0.4 is 5.32 Å². The Labute approximate surface area is 113 Å². The highest BCUT2D eigenvalue weighted by molar-refractivity contribution is 6.31. The maximum absolute atomic E-state index is 8.78. The molecule has 1 fully saturated rings. The number of nitrogens with zero attached hydrogens (tertiary/aromatic N) is 2. The minimum Gasteiger partial charge on any atom is -0.310 e. The fourth-order valence-electron chi connectivity index (χ4n) is 2.23. The van der Waals surface area contributed by atoms with Crippen LogP contribution in [0.4, 0.5) is 0 Å². The fourth-order valence-corrected chi connectivity index (χ4v) is 2.47. The van der Waals surface area contributed by atoms with Gasteiger partial charge in [-0.05, 0) is 50.7 Å². The van der Waals surface area contributed by atoms with Crippen molar-refractivity contribution in [1.29, 1.82) is 5.26 Å². The number of halogens is 1. The molecule has 1 heterocycles. The van der Waals surface area contributed by atoms with Crippen molar-refractivity contribution in [1.82, 2.24) is 10.2 Å². The topological polar surface area (TPSA) is 39.1 Å². The molecule has 3 nitrogen and oxygen atoms in total. The molecule has 1 aromatic rings. The highest BCUT2D eigenvalue weighted by atomic mass is 35.5. The van der Waals surface area contributed by atoms with Crippen LogP contribution in [0, 0.1) is 11.3 Å². The van der Waals surface area contributed by atoms with Crippen molar-refractivity contribution in [3.8, 4) is 6.07 Å². The van der Waals surface area contributed by atoms with Gasteiger partial charge in [0.15, 0.2) is 0 Å². The fraction of sp³-hybridized carbons (Fsp3) is 0.500. The predicted octanol–water partition coefficient (Wildman–Crippen LogP) is 2.40. The van der Waals surface area contributed by atoms with E-state index in [2.05, 4.69) is 23.3 Å². The first-order valence-electron chi connectivity index (χ1n) is 6.29. The molecule has 0 saturated carbocycles. The lowest BCUT2D eigenvalue weighted by Gasteiger charge is -2.29. The second-order valence-electron chi connectivity index (χ2n) is 4.88. The Morgan fingerprint density at radius 2 is 2.17 bits per heavy atom. The Morgan fingerprint density at radius 3 is 2.78 bits per heavy atom. The van der Waals surface area contributed by atoms with E-state index in [1.807, 2.05) is 12.1 Å². The first-order valence-corrected chi connectivity index (χ1v) is 6.67. The van der Waals surface area contributed by atoms with E-state index >= 15 is 0 Å². The molecule has 0 spiro atoms. The van der Waals surface area contributed by atoms with E-state index in [4.69, 9.17) is 16.9 Å². The molecule has 0 atom stereocenters. The Hall–Kier alpha value is -1.08. The number of nitriles is 1. The SMILES string of the molecule is CN1CCC(NCc2ccc(C#N)cc2Cl)CC1. The molecule has 18 heavy (non-hydrogen) atoms. The summed E-state index contributed by atoms with van der Waals surface area (Å²) in [5.74, 6) is 0. The molecule has 2 rings (SSSR count). The number of hydrogen-bond acceptors (Lipinski definition) is 3.